The number of benzene rings is 5. The minimum absolute atomic E-state index is 0.106. The number of aromatic nitrogens is 1. The Morgan fingerprint density at radius 2 is 1.58 bits per heavy atom. The molecule has 2 heterocycles. The number of halogens is 3. The van der Waals surface area contributed by atoms with Crippen LogP contribution < -0.4 is 24.3 Å². The van der Waals surface area contributed by atoms with Gasteiger partial charge in [0.2, 0.25) is 17.4 Å². The van der Waals surface area contributed by atoms with Gasteiger partial charge in [0.15, 0.2) is 11.5 Å². The summed E-state index contributed by atoms with van der Waals surface area (Å²) in [5.74, 6) is -6.11. The zero-order valence-electron chi connectivity index (χ0n) is 30.6. The molecule has 1 aliphatic heterocycles. The van der Waals surface area contributed by atoms with Crippen molar-refractivity contribution in [3.8, 4) is 52.0 Å². The van der Waals surface area contributed by atoms with Crippen LogP contribution in [0.5, 0.6) is 34.8 Å². The van der Waals surface area contributed by atoms with Crippen LogP contribution in [0.3, 0.4) is 0 Å². The van der Waals surface area contributed by atoms with Gasteiger partial charge >= 0.3 is 5.97 Å². The first-order chi connectivity index (χ1) is 27.7. The van der Waals surface area contributed by atoms with Crippen molar-refractivity contribution in [1.82, 2.24) is 15.2 Å². The van der Waals surface area contributed by atoms with E-state index in [1.807, 2.05) is 55.6 Å². The van der Waals surface area contributed by atoms with Crippen molar-refractivity contribution in [2.45, 2.75) is 18.4 Å². The molecule has 1 N–H and O–H groups in total. The molecule has 2 aliphatic rings. The molecule has 1 fully saturated rings. The molecule has 286 valence electrons. The molecule has 0 amide bonds. The summed E-state index contributed by atoms with van der Waals surface area (Å²) in [5.41, 5.74) is 0.961. The van der Waals surface area contributed by atoms with Gasteiger partial charge in [-0.2, -0.15) is 19.0 Å². The lowest BCUT2D eigenvalue weighted by molar-refractivity contribution is -0.156. The zero-order chi connectivity index (χ0) is 39.7. The maximum Gasteiger partial charge on any atom is 0.359 e. The van der Waals surface area contributed by atoms with E-state index in [1.54, 1.807) is 48.5 Å². The van der Waals surface area contributed by atoms with Crippen LogP contribution in [0.2, 0.25) is 5.02 Å². The lowest BCUT2D eigenvalue weighted by atomic mass is 9.91. The molecule has 2 unspecified atom stereocenters. The number of hydrogen-bond donors (Lipinski definition) is 1. The Labute approximate surface area is 331 Å². The summed E-state index contributed by atoms with van der Waals surface area (Å²) in [5, 5.41) is 13.4. The smallest absolute Gasteiger partial charge is 0.359 e. The van der Waals surface area contributed by atoms with E-state index in [1.165, 1.54) is 24.3 Å². The molecule has 1 aromatic heterocycles. The molecule has 0 spiro atoms. The second-order valence-electron chi connectivity index (χ2n) is 13.3. The first kappa shape index (κ1) is 37.4. The minimum atomic E-state index is -2.25. The largest absolute Gasteiger partial charge is 0.485 e. The number of esters is 1. The van der Waals surface area contributed by atoms with Gasteiger partial charge in [-0.3, -0.25) is 10.2 Å². The second kappa shape index (κ2) is 15.5. The molecular weight excluding hydrogens is 754 g/mol. The van der Waals surface area contributed by atoms with Crippen LogP contribution in [0.4, 0.5) is 8.78 Å². The molecule has 0 radical (unpaired) electrons. The average Bonchev–Trinajstić information content (AvgIpc) is 3.79. The van der Waals surface area contributed by atoms with Crippen LogP contribution in [-0.2, 0) is 21.7 Å². The number of likely N-dealkylation sites (N-methyl/N-ethyl adjacent to an activating group) is 1. The van der Waals surface area contributed by atoms with Crippen molar-refractivity contribution in [2.24, 2.45) is 0 Å². The highest BCUT2D eigenvalue weighted by molar-refractivity contribution is 6.30. The van der Waals surface area contributed by atoms with Crippen molar-refractivity contribution >= 4 is 17.6 Å². The van der Waals surface area contributed by atoms with Crippen molar-refractivity contribution < 1.29 is 37.3 Å². The van der Waals surface area contributed by atoms with E-state index in [0.717, 1.165) is 19.2 Å². The number of carbonyl (C=O) groups excluding carboxylic acids is 1. The van der Waals surface area contributed by atoms with Crippen molar-refractivity contribution in [1.29, 1.82) is 5.26 Å². The number of nitrogens with zero attached hydrogens (tertiary/aromatic N) is 3. The van der Waals surface area contributed by atoms with E-state index in [0.29, 0.717) is 23.2 Å². The highest BCUT2D eigenvalue weighted by Crippen LogP contribution is 2.53. The Kier molecular flexibility index (Phi) is 10.2. The molecule has 10 nitrogen and oxygen atoms in total. The lowest BCUT2D eigenvalue weighted by Gasteiger charge is -2.30. The highest BCUT2D eigenvalue weighted by atomic mass is 35.5. The third-order valence-electron chi connectivity index (χ3n) is 9.84. The number of ether oxygens (including phenoxy) is 5. The van der Waals surface area contributed by atoms with E-state index >= 15 is 8.78 Å². The molecule has 13 heteroatoms. The van der Waals surface area contributed by atoms with Gasteiger partial charge in [0.1, 0.15) is 12.4 Å². The van der Waals surface area contributed by atoms with Gasteiger partial charge in [0.25, 0.3) is 17.4 Å². The molecule has 57 heavy (non-hydrogen) atoms. The molecule has 1 saturated heterocycles. The van der Waals surface area contributed by atoms with Gasteiger partial charge in [-0.25, -0.2) is 4.79 Å². The number of pyridine rings is 1. The van der Waals surface area contributed by atoms with Gasteiger partial charge in [-0.05, 0) is 54.1 Å². The Morgan fingerprint density at radius 3 is 2.32 bits per heavy atom. The van der Waals surface area contributed by atoms with Crippen molar-refractivity contribution in [3.05, 3.63) is 160 Å². The molecule has 0 saturated carbocycles. The first-order valence-corrected chi connectivity index (χ1v) is 18.2. The molecule has 2 atom stereocenters. The average molecular weight is 787 g/mol. The molecule has 5 aromatic carbocycles. The molecule has 1 aliphatic carbocycles. The third-order valence-corrected chi connectivity index (χ3v) is 10.1. The summed E-state index contributed by atoms with van der Waals surface area (Å²) < 4.78 is 64.4. The molecule has 6 aromatic rings. The number of methoxy groups -OCH3 is 1. The van der Waals surface area contributed by atoms with Crippen LogP contribution in [0.15, 0.2) is 115 Å². The molecular formula is C44H33ClF2N4O6. The number of nitrogens with one attached hydrogen (secondary N) is 1. The zero-order valence-corrected chi connectivity index (χ0v) is 31.3. The van der Waals surface area contributed by atoms with Gasteiger partial charge in [0, 0.05) is 40.9 Å². The quantitative estimate of drug-likeness (QED) is 0.128. The highest BCUT2D eigenvalue weighted by Gasteiger charge is 2.54. The summed E-state index contributed by atoms with van der Waals surface area (Å²) >= 11 is 6.47. The molecule has 0 bridgehead atoms. The van der Waals surface area contributed by atoms with Crippen LogP contribution in [0.1, 0.15) is 34.0 Å². The van der Waals surface area contributed by atoms with E-state index in [9.17, 15) is 10.1 Å². The van der Waals surface area contributed by atoms with Crippen LogP contribution in [-0.4, -0.2) is 43.1 Å². The van der Waals surface area contributed by atoms with Gasteiger partial charge < -0.3 is 23.7 Å². The maximum atomic E-state index is 17.2. The third kappa shape index (κ3) is 6.86. The predicted octanol–water partition coefficient (Wildman–Crippen LogP) is 9.06. The SMILES string of the molecule is COC(=O)C1(Oc2c(F)c(Oc3cc(C#N)ccc3OCc3ccccc3)nc(Oc3ccccc3C3NCCN3C)c2F)c2ccccc2-c2ccc(Cl)cc21. The topological polar surface area (TPSA) is 115 Å². The van der Waals surface area contributed by atoms with E-state index < -0.39 is 40.7 Å². The summed E-state index contributed by atoms with van der Waals surface area (Å²) in [6.45, 7) is 1.55. The fraction of sp³-hybridized carbons (Fsp3) is 0.159. The van der Waals surface area contributed by atoms with Crippen molar-refractivity contribution in [3.63, 3.8) is 0 Å². The number of para-hydroxylation sites is 1. The monoisotopic (exact) mass is 786 g/mol. The fourth-order valence-corrected chi connectivity index (χ4v) is 7.29. The first-order valence-electron chi connectivity index (χ1n) is 17.9. The normalized spacial score (nSPS) is 16.9. The minimum Gasteiger partial charge on any atom is -0.485 e. The summed E-state index contributed by atoms with van der Waals surface area (Å²) in [7, 11) is 3.07. The Bertz CT molecular complexity index is 2550. The number of carbonyl (C=O) groups is 1. The van der Waals surface area contributed by atoms with Gasteiger partial charge in [-0.1, -0.05) is 90.5 Å². The number of hydrogen-bond acceptors (Lipinski definition) is 10. The number of rotatable bonds is 11. The lowest BCUT2D eigenvalue weighted by Crippen LogP contribution is -2.42. The fourth-order valence-electron chi connectivity index (χ4n) is 7.12. The summed E-state index contributed by atoms with van der Waals surface area (Å²) in [6.07, 6.45) is -0.284. The Balaban J connectivity index is 1.30. The predicted molar refractivity (Wildman–Crippen MR) is 206 cm³/mol. The van der Waals surface area contributed by atoms with E-state index in [4.69, 9.17) is 35.3 Å². The molecule has 8 rings (SSSR count). The van der Waals surface area contributed by atoms with E-state index in [-0.39, 0.29) is 51.7 Å². The Hall–Kier alpha value is -6.52. The number of fused-ring (bicyclic) bond motifs is 3. The summed E-state index contributed by atoms with van der Waals surface area (Å²) in [6, 6.07) is 34.2. The van der Waals surface area contributed by atoms with Crippen LogP contribution in [0, 0.1) is 23.0 Å². The van der Waals surface area contributed by atoms with Crippen molar-refractivity contribution in [2.75, 3.05) is 27.2 Å². The van der Waals surface area contributed by atoms with Crippen LogP contribution >= 0.6 is 11.6 Å². The van der Waals surface area contributed by atoms with E-state index in [2.05, 4.69) is 15.2 Å². The van der Waals surface area contributed by atoms with Gasteiger partial charge in [0.05, 0.1) is 24.9 Å². The Morgan fingerprint density at radius 1 is 0.877 bits per heavy atom. The van der Waals surface area contributed by atoms with Crippen LogP contribution in [0.25, 0.3) is 11.1 Å². The maximum absolute atomic E-state index is 17.2. The second-order valence-corrected chi connectivity index (χ2v) is 13.8. The van der Waals surface area contributed by atoms with Gasteiger partial charge in [-0.15, -0.1) is 0 Å². The summed E-state index contributed by atoms with van der Waals surface area (Å²) in [4.78, 5) is 20.4. The standard InChI is InChI=1S/C44H33ClF2N4O6/c1-51-21-20-49-40(51)31-13-7-9-15-34(31)55-41-37(46)39(57-44(43(52)53-2)32-14-8-6-12-29(32)30-18-17-28(45)23-33(30)44)38(47)42(50-41)56-36-22-27(24-48)16-19-35(36)54-25-26-10-4-3-5-11-26/h3-19,22-23,40,49H,20-21,25H2,1-2H3. The number of nitriles is 1.